The second kappa shape index (κ2) is 6.06. The van der Waals surface area contributed by atoms with Crippen molar-refractivity contribution in [2.24, 2.45) is 0 Å². The number of carbonyl (C=O) groups is 2. The van der Waals surface area contributed by atoms with E-state index in [9.17, 15) is 9.59 Å². The molecule has 2 aliphatic rings. The van der Waals surface area contributed by atoms with Crippen molar-refractivity contribution in [3.05, 3.63) is 51.5 Å². The van der Waals surface area contributed by atoms with Crippen LogP contribution < -0.4 is 5.32 Å². The van der Waals surface area contributed by atoms with Gasteiger partial charge in [-0.25, -0.2) is 4.79 Å². The van der Waals surface area contributed by atoms with Gasteiger partial charge in [0.2, 0.25) is 0 Å². The van der Waals surface area contributed by atoms with Gasteiger partial charge in [-0.05, 0) is 55.4 Å². The molecular weight excluding hydrogens is 318 g/mol. The van der Waals surface area contributed by atoms with E-state index in [1.165, 1.54) is 23.8 Å². The third-order valence-corrected chi connectivity index (χ3v) is 5.20. The van der Waals surface area contributed by atoms with Crippen LogP contribution in [0.1, 0.15) is 61.8 Å². The van der Waals surface area contributed by atoms with E-state index in [0.29, 0.717) is 30.0 Å². The molecular formula is C20H21NO4. The number of esters is 1. The summed E-state index contributed by atoms with van der Waals surface area (Å²) in [4.78, 5) is 24.1. The van der Waals surface area contributed by atoms with E-state index in [4.69, 9.17) is 9.15 Å². The summed E-state index contributed by atoms with van der Waals surface area (Å²) in [6, 6.07) is 3.93. The summed E-state index contributed by atoms with van der Waals surface area (Å²) < 4.78 is 10.4. The number of aryl methyl sites for hydroxylation is 3. The number of hydrogen-bond donors (Lipinski definition) is 1. The first-order chi connectivity index (χ1) is 12.1. The molecule has 0 bridgehead atoms. The van der Waals surface area contributed by atoms with E-state index in [2.05, 4.69) is 11.4 Å². The zero-order valence-corrected chi connectivity index (χ0v) is 14.5. The Morgan fingerprint density at radius 1 is 1.20 bits per heavy atom. The van der Waals surface area contributed by atoms with Crippen molar-refractivity contribution in [3.8, 4) is 0 Å². The minimum absolute atomic E-state index is 0.220. The molecule has 0 fully saturated rings. The van der Waals surface area contributed by atoms with Crippen LogP contribution in [0.25, 0.3) is 0 Å². The van der Waals surface area contributed by atoms with Gasteiger partial charge in [0, 0.05) is 17.7 Å². The minimum atomic E-state index is -0.399. The lowest BCUT2D eigenvalue weighted by atomic mass is 9.98. The van der Waals surface area contributed by atoms with Crippen LogP contribution >= 0.6 is 0 Å². The van der Waals surface area contributed by atoms with E-state index in [0.717, 1.165) is 36.9 Å². The van der Waals surface area contributed by atoms with Crippen LogP contribution in [0.2, 0.25) is 0 Å². The van der Waals surface area contributed by atoms with E-state index >= 15 is 0 Å². The summed E-state index contributed by atoms with van der Waals surface area (Å²) in [5.74, 6) is 1.03. The van der Waals surface area contributed by atoms with E-state index < -0.39 is 5.97 Å². The van der Waals surface area contributed by atoms with Gasteiger partial charge in [0.05, 0.1) is 13.7 Å². The van der Waals surface area contributed by atoms with Crippen molar-refractivity contribution in [2.45, 2.75) is 45.6 Å². The maximum absolute atomic E-state index is 12.4. The molecule has 0 saturated carbocycles. The highest BCUT2D eigenvalue weighted by atomic mass is 16.5. The zero-order valence-electron chi connectivity index (χ0n) is 14.5. The number of rotatable bonds is 4. The van der Waals surface area contributed by atoms with Gasteiger partial charge in [-0.2, -0.15) is 0 Å². The fourth-order valence-electron chi connectivity index (χ4n) is 4.01. The number of fused-ring (bicyclic) bond motifs is 2. The molecule has 130 valence electrons. The molecule has 1 aromatic carbocycles. The van der Waals surface area contributed by atoms with E-state index in [-0.39, 0.29) is 5.78 Å². The molecule has 1 aromatic heterocycles. The van der Waals surface area contributed by atoms with Crippen LogP contribution in [0.15, 0.2) is 16.5 Å². The summed E-state index contributed by atoms with van der Waals surface area (Å²) in [6.45, 7) is 2.19. The Morgan fingerprint density at radius 2 is 2.04 bits per heavy atom. The first-order valence-corrected chi connectivity index (χ1v) is 8.70. The number of nitrogens with one attached hydrogen (secondary N) is 1. The second-order valence-corrected chi connectivity index (χ2v) is 6.73. The molecule has 2 aliphatic carbocycles. The van der Waals surface area contributed by atoms with Gasteiger partial charge >= 0.3 is 5.97 Å². The number of furan rings is 1. The molecule has 0 radical (unpaired) electrons. The van der Waals surface area contributed by atoms with Crippen LogP contribution in [0.5, 0.6) is 0 Å². The number of methoxy groups -OCH3 is 1. The van der Waals surface area contributed by atoms with Gasteiger partial charge in [-0.1, -0.05) is 6.07 Å². The van der Waals surface area contributed by atoms with Crippen LogP contribution in [0.4, 0.5) is 5.69 Å². The lowest BCUT2D eigenvalue weighted by Crippen LogP contribution is -2.08. The van der Waals surface area contributed by atoms with Crippen molar-refractivity contribution in [2.75, 3.05) is 12.4 Å². The lowest BCUT2D eigenvalue weighted by molar-refractivity contribution is 0.0598. The second-order valence-electron chi connectivity index (χ2n) is 6.73. The molecule has 0 saturated heterocycles. The largest absolute Gasteiger partial charge is 0.465 e. The maximum Gasteiger partial charge on any atom is 0.341 e. The van der Waals surface area contributed by atoms with Crippen molar-refractivity contribution < 1.29 is 18.7 Å². The third-order valence-electron chi connectivity index (χ3n) is 5.20. The molecule has 1 heterocycles. The van der Waals surface area contributed by atoms with Gasteiger partial charge in [0.15, 0.2) is 5.78 Å². The molecule has 25 heavy (non-hydrogen) atoms. The molecule has 0 amide bonds. The molecule has 0 atom stereocenters. The van der Waals surface area contributed by atoms with Gasteiger partial charge < -0.3 is 14.5 Å². The van der Waals surface area contributed by atoms with Gasteiger partial charge in [-0.3, -0.25) is 4.79 Å². The van der Waals surface area contributed by atoms with Gasteiger partial charge in [-0.15, -0.1) is 0 Å². The molecule has 2 aromatic rings. The van der Waals surface area contributed by atoms with Gasteiger partial charge in [0.25, 0.3) is 0 Å². The maximum atomic E-state index is 12.4. The normalized spacial score (nSPS) is 15.2. The van der Waals surface area contributed by atoms with Crippen molar-refractivity contribution in [1.82, 2.24) is 0 Å². The number of hydrogen-bond acceptors (Lipinski definition) is 5. The minimum Gasteiger partial charge on any atom is -0.465 e. The highest BCUT2D eigenvalue weighted by Gasteiger charge is 2.29. The average Bonchev–Trinajstić information content (AvgIpc) is 3.30. The Hall–Kier alpha value is -2.56. The number of ether oxygens (including phenoxy) is 1. The summed E-state index contributed by atoms with van der Waals surface area (Å²) in [5.41, 5.74) is 6.07. The highest BCUT2D eigenvalue weighted by molar-refractivity contribution is 6.06. The Bertz CT molecular complexity index is 878. The number of Topliss-reactive ketones (excluding diaryl/α,β-unsaturated/α-hetero) is 1. The molecule has 0 unspecified atom stereocenters. The predicted molar refractivity (Wildman–Crippen MR) is 93.2 cm³/mol. The average molecular weight is 339 g/mol. The monoisotopic (exact) mass is 339 g/mol. The van der Waals surface area contributed by atoms with Crippen molar-refractivity contribution in [3.63, 3.8) is 0 Å². The summed E-state index contributed by atoms with van der Waals surface area (Å²) >= 11 is 0. The SMILES string of the molecule is COC(=O)c1cc(CNc2c3c(cc4c2C(=O)CC4)CCC3)oc1C. The summed E-state index contributed by atoms with van der Waals surface area (Å²) in [6.07, 6.45) is 4.65. The standard InChI is InChI=1S/C20H21NO4/c1-11-16(20(23)24-2)9-14(25-11)10-21-19-15-5-3-4-12(15)8-13-6-7-17(22)18(13)19/h8-9,21H,3-7,10H2,1-2H3. The topological polar surface area (TPSA) is 68.5 Å². The molecule has 0 spiro atoms. The number of anilines is 1. The highest BCUT2D eigenvalue weighted by Crippen LogP contribution is 2.38. The quantitative estimate of drug-likeness (QED) is 0.862. The Labute approximate surface area is 146 Å². The summed E-state index contributed by atoms with van der Waals surface area (Å²) in [7, 11) is 1.36. The third kappa shape index (κ3) is 2.64. The fraction of sp³-hybridized carbons (Fsp3) is 0.400. The molecule has 5 nitrogen and oxygen atoms in total. The van der Waals surface area contributed by atoms with Crippen LogP contribution in [-0.2, 0) is 30.5 Å². The van der Waals surface area contributed by atoms with Gasteiger partial charge in [0.1, 0.15) is 17.1 Å². The number of carbonyl (C=O) groups excluding carboxylic acids is 2. The van der Waals surface area contributed by atoms with Crippen LogP contribution in [0.3, 0.4) is 0 Å². The smallest absolute Gasteiger partial charge is 0.341 e. The zero-order chi connectivity index (χ0) is 17.6. The molecule has 1 N–H and O–H groups in total. The first-order valence-electron chi connectivity index (χ1n) is 8.70. The van der Waals surface area contributed by atoms with E-state index in [1.807, 2.05) is 0 Å². The molecule has 4 rings (SSSR count). The molecule has 5 heteroatoms. The van der Waals surface area contributed by atoms with Crippen molar-refractivity contribution in [1.29, 1.82) is 0 Å². The predicted octanol–water partition coefficient (Wildman–Crippen LogP) is 3.60. The Balaban J connectivity index is 1.64. The fourth-order valence-corrected chi connectivity index (χ4v) is 4.01. The first kappa shape index (κ1) is 15.9. The van der Waals surface area contributed by atoms with Crippen LogP contribution in [0, 0.1) is 6.92 Å². The molecule has 0 aliphatic heterocycles. The van der Waals surface area contributed by atoms with Crippen molar-refractivity contribution >= 4 is 17.4 Å². The van der Waals surface area contributed by atoms with E-state index in [1.54, 1.807) is 13.0 Å². The number of benzene rings is 1. The Kier molecular flexibility index (Phi) is 3.86. The lowest BCUT2D eigenvalue weighted by Gasteiger charge is -2.15. The Morgan fingerprint density at radius 3 is 2.84 bits per heavy atom. The number of ketones is 1. The van der Waals surface area contributed by atoms with Crippen LogP contribution in [-0.4, -0.2) is 18.9 Å². The summed E-state index contributed by atoms with van der Waals surface area (Å²) in [5, 5.41) is 3.42.